The summed E-state index contributed by atoms with van der Waals surface area (Å²) in [5.74, 6) is 1.57. The summed E-state index contributed by atoms with van der Waals surface area (Å²) in [6, 6.07) is 11.3. The molecule has 1 aromatic rings. The zero-order valence-electron chi connectivity index (χ0n) is 12.5. The largest absolute Gasteiger partial charge is 0.310 e. The fraction of sp³-hybridized carbons (Fsp3) is 0.647. The van der Waals surface area contributed by atoms with E-state index in [2.05, 4.69) is 35.6 Å². The van der Waals surface area contributed by atoms with Gasteiger partial charge in [0.15, 0.2) is 0 Å². The van der Waals surface area contributed by atoms with Crippen molar-refractivity contribution in [3.8, 4) is 0 Å². The molecule has 1 aliphatic rings. The zero-order valence-corrected chi connectivity index (χ0v) is 13.3. The van der Waals surface area contributed by atoms with Gasteiger partial charge in [0.25, 0.3) is 0 Å². The highest BCUT2D eigenvalue weighted by Gasteiger charge is 2.24. The first-order chi connectivity index (χ1) is 9.77. The maximum Gasteiger partial charge on any atom is 0.0348 e. The highest BCUT2D eigenvalue weighted by Crippen LogP contribution is 2.34. The van der Waals surface area contributed by atoms with Crippen molar-refractivity contribution >= 4 is 10.8 Å². The Bertz CT molecular complexity index is 401. The normalized spacial score (nSPS) is 19.6. The van der Waals surface area contributed by atoms with Gasteiger partial charge in [0.1, 0.15) is 0 Å². The quantitative estimate of drug-likeness (QED) is 0.777. The number of rotatable bonds is 7. The Morgan fingerprint density at radius 2 is 1.90 bits per heavy atom. The van der Waals surface area contributed by atoms with Crippen LogP contribution < -0.4 is 5.32 Å². The first-order valence-corrected chi connectivity index (χ1v) is 9.58. The van der Waals surface area contributed by atoms with E-state index in [1.165, 1.54) is 37.7 Å². The Morgan fingerprint density at radius 3 is 2.55 bits per heavy atom. The monoisotopic (exact) mass is 293 g/mol. The van der Waals surface area contributed by atoms with E-state index < -0.39 is 10.8 Å². The van der Waals surface area contributed by atoms with Crippen molar-refractivity contribution in [3.05, 3.63) is 35.9 Å². The van der Waals surface area contributed by atoms with Crippen molar-refractivity contribution < 1.29 is 4.21 Å². The number of nitrogens with one attached hydrogen (secondary N) is 1. The van der Waals surface area contributed by atoms with Gasteiger partial charge in [-0.15, -0.1) is 0 Å². The van der Waals surface area contributed by atoms with Crippen molar-refractivity contribution in [2.75, 3.05) is 18.6 Å². The standard InChI is InChI=1S/C17H27NOS/c1-20(19)14-8-13-18-17(15-9-4-2-5-10-15)16-11-6-3-7-12-16/h2,4-5,9-10,16-18H,3,6-8,11-14H2,1H3. The summed E-state index contributed by atoms with van der Waals surface area (Å²) in [5.41, 5.74) is 1.41. The van der Waals surface area contributed by atoms with E-state index in [1.807, 2.05) is 0 Å². The van der Waals surface area contributed by atoms with E-state index in [-0.39, 0.29) is 0 Å². The highest BCUT2D eigenvalue weighted by atomic mass is 32.2. The molecule has 2 unspecified atom stereocenters. The van der Waals surface area contributed by atoms with Crippen molar-refractivity contribution in [2.45, 2.75) is 44.6 Å². The first kappa shape index (κ1) is 15.7. The molecule has 0 aromatic heterocycles. The molecule has 0 radical (unpaired) electrons. The molecule has 3 heteroatoms. The molecule has 1 N–H and O–H groups in total. The van der Waals surface area contributed by atoms with Gasteiger partial charge < -0.3 is 5.32 Å². The molecule has 1 saturated carbocycles. The Balaban J connectivity index is 1.94. The second-order valence-corrected chi connectivity index (χ2v) is 7.43. The molecule has 0 bridgehead atoms. The lowest BCUT2D eigenvalue weighted by Gasteiger charge is -2.31. The Kier molecular flexibility index (Phi) is 6.74. The lowest BCUT2D eigenvalue weighted by Crippen LogP contribution is -2.31. The van der Waals surface area contributed by atoms with Gasteiger partial charge in [0.05, 0.1) is 0 Å². The minimum Gasteiger partial charge on any atom is -0.310 e. The van der Waals surface area contributed by atoms with E-state index in [0.29, 0.717) is 6.04 Å². The van der Waals surface area contributed by atoms with Crippen molar-refractivity contribution in [2.24, 2.45) is 5.92 Å². The van der Waals surface area contributed by atoms with Crippen LogP contribution in [0.4, 0.5) is 0 Å². The number of benzene rings is 1. The first-order valence-electron chi connectivity index (χ1n) is 7.86. The summed E-state index contributed by atoms with van der Waals surface area (Å²) in [4.78, 5) is 0. The van der Waals surface area contributed by atoms with Gasteiger partial charge in [0.2, 0.25) is 0 Å². The Morgan fingerprint density at radius 1 is 1.20 bits per heavy atom. The van der Waals surface area contributed by atoms with Crippen LogP contribution in [0.25, 0.3) is 0 Å². The molecular formula is C17H27NOS. The molecule has 20 heavy (non-hydrogen) atoms. The number of hydrogen-bond donors (Lipinski definition) is 1. The van der Waals surface area contributed by atoms with Crippen molar-refractivity contribution in [1.82, 2.24) is 5.32 Å². The maximum absolute atomic E-state index is 11.1. The molecule has 1 aromatic carbocycles. The molecule has 1 fully saturated rings. The lowest BCUT2D eigenvalue weighted by atomic mass is 9.81. The van der Waals surface area contributed by atoms with E-state index in [9.17, 15) is 4.21 Å². The zero-order chi connectivity index (χ0) is 14.2. The Labute approximate surface area is 125 Å². The van der Waals surface area contributed by atoms with Crippen molar-refractivity contribution in [3.63, 3.8) is 0 Å². The molecule has 1 aliphatic carbocycles. The van der Waals surface area contributed by atoms with Crippen LogP contribution in [0.5, 0.6) is 0 Å². The summed E-state index contributed by atoms with van der Waals surface area (Å²) in [6.45, 7) is 0.968. The van der Waals surface area contributed by atoms with Gasteiger partial charge >= 0.3 is 0 Å². The average molecular weight is 293 g/mol. The van der Waals surface area contributed by atoms with E-state index in [0.717, 1.165) is 24.6 Å². The summed E-state index contributed by atoms with van der Waals surface area (Å²) >= 11 is 0. The second-order valence-electron chi connectivity index (χ2n) is 5.87. The molecule has 0 saturated heterocycles. The van der Waals surface area contributed by atoms with Crippen LogP contribution >= 0.6 is 0 Å². The third kappa shape index (κ3) is 5.02. The molecule has 0 aliphatic heterocycles. The van der Waals surface area contributed by atoms with Gasteiger partial charge in [-0.2, -0.15) is 0 Å². The van der Waals surface area contributed by atoms with E-state index in [4.69, 9.17) is 0 Å². The fourth-order valence-corrected chi connectivity index (χ4v) is 3.77. The fourth-order valence-electron chi connectivity index (χ4n) is 3.22. The molecule has 0 spiro atoms. The predicted octanol–water partition coefficient (Wildman–Crippen LogP) is 3.67. The highest BCUT2D eigenvalue weighted by molar-refractivity contribution is 7.84. The molecule has 2 atom stereocenters. The van der Waals surface area contributed by atoms with Crippen LogP contribution in [-0.4, -0.2) is 22.8 Å². The minimum atomic E-state index is -0.669. The van der Waals surface area contributed by atoms with Gasteiger partial charge in [-0.3, -0.25) is 4.21 Å². The van der Waals surface area contributed by atoms with Crippen LogP contribution in [0.15, 0.2) is 30.3 Å². The molecule has 0 heterocycles. The van der Waals surface area contributed by atoms with Gasteiger partial charge in [-0.05, 0) is 37.3 Å². The molecular weight excluding hydrogens is 266 g/mol. The van der Waals surface area contributed by atoms with Gasteiger partial charge in [-0.25, -0.2) is 0 Å². The van der Waals surface area contributed by atoms with Crippen LogP contribution in [0, 0.1) is 5.92 Å². The maximum atomic E-state index is 11.1. The third-order valence-electron chi connectivity index (χ3n) is 4.25. The van der Waals surface area contributed by atoms with E-state index >= 15 is 0 Å². The van der Waals surface area contributed by atoms with Gasteiger partial charge in [-0.1, -0.05) is 49.6 Å². The van der Waals surface area contributed by atoms with Crippen LogP contribution in [-0.2, 0) is 10.8 Å². The SMILES string of the molecule is CS(=O)CCCNC(c1ccccc1)C1CCCCC1. The van der Waals surface area contributed by atoms with Crippen LogP contribution in [0.3, 0.4) is 0 Å². The summed E-state index contributed by atoms with van der Waals surface area (Å²) in [7, 11) is -0.669. The van der Waals surface area contributed by atoms with Crippen LogP contribution in [0.1, 0.15) is 50.1 Å². The summed E-state index contributed by atoms with van der Waals surface area (Å²) in [5, 5.41) is 3.73. The van der Waals surface area contributed by atoms with Gasteiger partial charge in [0, 0.05) is 28.9 Å². The minimum absolute atomic E-state index is 0.474. The second kappa shape index (κ2) is 8.58. The summed E-state index contributed by atoms with van der Waals surface area (Å²) < 4.78 is 11.1. The van der Waals surface area contributed by atoms with Crippen LogP contribution in [0.2, 0.25) is 0 Å². The molecule has 112 valence electrons. The molecule has 0 amide bonds. The molecule has 2 nitrogen and oxygen atoms in total. The Hall–Kier alpha value is -0.670. The van der Waals surface area contributed by atoms with Crippen molar-refractivity contribution in [1.29, 1.82) is 0 Å². The van der Waals surface area contributed by atoms with E-state index in [1.54, 1.807) is 6.26 Å². The lowest BCUT2D eigenvalue weighted by molar-refractivity contribution is 0.272. The summed E-state index contributed by atoms with van der Waals surface area (Å²) in [6.07, 6.45) is 9.60. The average Bonchev–Trinajstić information content (AvgIpc) is 2.49. The third-order valence-corrected chi connectivity index (χ3v) is 5.12. The predicted molar refractivity (Wildman–Crippen MR) is 87.3 cm³/mol. The molecule has 2 rings (SSSR count). The smallest absolute Gasteiger partial charge is 0.0348 e. The number of hydrogen-bond acceptors (Lipinski definition) is 2. The topological polar surface area (TPSA) is 29.1 Å².